The summed E-state index contributed by atoms with van der Waals surface area (Å²) in [4.78, 5) is 67.8. The van der Waals surface area contributed by atoms with Crippen LogP contribution in [0.1, 0.15) is 52.5 Å². The summed E-state index contributed by atoms with van der Waals surface area (Å²) >= 11 is 0. The van der Waals surface area contributed by atoms with E-state index in [0.717, 1.165) is 12.0 Å². The lowest BCUT2D eigenvalue weighted by molar-refractivity contribution is -0.148. The summed E-state index contributed by atoms with van der Waals surface area (Å²) in [7, 11) is 0. The molecule has 0 aliphatic carbocycles. The zero-order valence-corrected chi connectivity index (χ0v) is 28.1. The van der Waals surface area contributed by atoms with Gasteiger partial charge >= 0.3 is 6.61 Å². The molecule has 1 aromatic carbocycles. The smallest absolute Gasteiger partial charge is 0.345 e. The quantitative estimate of drug-likeness (QED) is 0.147. The SMILES string of the molecule is CCC(C)CCC(NC(=O)[C@H](Cc1ccccc1)NC(=O)C(C)NC(=O)[C@H](COC(F)F)NC(=O)CN1CCOCC1)C(=O)C1(C)CO1. The Hall–Kier alpha value is -3.53. The largest absolute Gasteiger partial charge is 0.379 e. The fraction of sp³-hybridized carbons (Fsp3) is 0.667. The molecule has 1 aromatic rings. The maximum atomic E-state index is 13.7. The molecule has 13 nitrogen and oxygen atoms in total. The zero-order valence-electron chi connectivity index (χ0n) is 28.1. The summed E-state index contributed by atoms with van der Waals surface area (Å²) in [6.45, 7) is 5.15. The van der Waals surface area contributed by atoms with E-state index in [1.807, 2.05) is 13.0 Å². The Bertz CT molecular complexity index is 1230. The van der Waals surface area contributed by atoms with Crippen LogP contribution in [0.5, 0.6) is 0 Å². The van der Waals surface area contributed by atoms with Crippen LogP contribution < -0.4 is 21.3 Å². The minimum atomic E-state index is -3.19. The van der Waals surface area contributed by atoms with Crippen LogP contribution in [-0.2, 0) is 44.6 Å². The first-order valence-electron chi connectivity index (χ1n) is 16.4. The second kappa shape index (κ2) is 18.9. The molecular weight excluding hydrogens is 632 g/mol. The highest BCUT2D eigenvalue weighted by atomic mass is 19.3. The number of halogens is 2. The number of rotatable bonds is 20. The number of nitrogens with zero attached hydrogens (tertiary/aromatic N) is 1. The third-order valence-electron chi connectivity index (χ3n) is 8.56. The average molecular weight is 682 g/mol. The highest BCUT2D eigenvalue weighted by Gasteiger charge is 2.50. The Balaban J connectivity index is 1.69. The zero-order chi connectivity index (χ0) is 35.3. The topological polar surface area (TPSA) is 168 Å². The molecule has 0 aromatic heterocycles. The molecule has 2 aliphatic rings. The monoisotopic (exact) mass is 681 g/mol. The molecule has 4 unspecified atom stereocenters. The molecular formula is C33H49F2N5O8. The molecule has 48 heavy (non-hydrogen) atoms. The molecule has 3 rings (SSSR count). The van der Waals surface area contributed by atoms with Crippen LogP contribution in [0, 0.1) is 5.92 Å². The molecule has 4 amide bonds. The minimum absolute atomic E-state index is 0.0831. The molecule has 4 N–H and O–H groups in total. The van der Waals surface area contributed by atoms with E-state index in [1.54, 1.807) is 36.1 Å². The van der Waals surface area contributed by atoms with E-state index in [1.165, 1.54) is 6.92 Å². The second-order valence-electron chi connectivity index (χ2n) is 12.6. The molecule has 0 saturated carbocycles. The van der Waals surface area contributed by atoms with E-state index in [0.29, 0.717) is 45.1 Å². The number of carbonyl (C=O) groups is 5. The van der Waals surface area contributed by atoms with Crippen LogP contribution >= 0.6 is 0 Å². The third-order valence-corrected chi connectivity index (χ3v) is 8.56. The molecule has 6 atom stereocenters. The molecule has 0 spiro atoms. The Morgan fingerprint density at radius 1 is 0.896 bits per heavy atom. The second-order valence-corrected chi connectivity index (χ2v) is 12.6. The summed E-state index contributed by atoms with van der Waals surface area (Å²) in [5, 5.41) is 10.3. The van der Waals surface area contributed by atoms with Crippen molar-refractivity contribution in [3.05, 3.63) is 35.9 Å². The van der Waals surface area contributed by atoms with Crippen molar-refractivity contribution in [2.75, 3.05) is 46.1 Å². The van der Waals surface area contributed by atoms with Gasteiger partial charge in [-0.2, -0.15) is 8.78 Å². The standard InChI is InChI=1S/C33H49F2N5O8/c1-5-21(2)11-12-24(28(42)33(4)20-48-33)38-30(44)25(17-23-9-7-6-8-10-23)39-29(43)22(3)36-31(45)26(19-47-32(34)35)37-27(41)18-40-13-15-46-16-14-40/h6-10,21-22,24-26,32H,5,11-20H2,1-4H3,(H,36,45)(H,37,41)(H,38,44)(H,39,43)/t21?,22?,24?,25-,26-,33?/m0/s1. The molecule has 2 aliphatic heterocycles. The van der Waals surface area contributed by atoms with Gasteiger partial charge in [-0.25, -0.2) is 0 Å². The van der Waals surface area contributed by atoms with Crippen LogP contribution in [0.3, 0.4) is 0 Å². The third kappa shape index (κ3) is 12.8. The van der Waals surface area contributed by atoms with Crippen molar-refractivity contribution in [2.24, 2.45) is 5.92 Å². The molecule has 0 bridgehead atoms. The predicted molar refractivity (Wildman–Crippen MR) is 171 cm³/mol. The Morgan fingerprint density at radius 2 is 1.52 bits per heavy atom. The van der Waals surface area contributed by atoms with E-state index in [4.69, 9.17) is 9.47 Å². The number of hydrogen-bond acceptors (Lipinski definition) is 9. The van der Waals surface area contributed by atoms with Gasteiger partial charge in [0.05, 0.1) is 39.0 Å². The molecule has 0 radical (unpaired) electrons. The van der Waals surface area contributed by atoms with Gasteiger partial charge in [-0.15, -0.1) is 0 Å². The van der Waals surface area contributed by atoms with Crippen molar-refractivity contribution in [1.29, 1.82) is 0 Å². The van der Waals surface area contributed by atoms with Gasteiger partial charge in [0.15, 0.2) is 5.78 Å². The van der Waals surface area contributed by atoms with Crippen LogP contribution in [-0.4, -0.2) is 117 Å². The van der Waals surface area contributed by atoms with Crippen molar-refractivity contribution in [2.45, 2.75) is 89.8 Å². The number of hydrogen-bond donors (Lipinski definition) is 4. The van der Waals surface area contributed by atoms with E-state index in [9.17, 15) is 32.8 Å². The van der Waals surface area contributed by atoms with Crippen LogP contribution in [0.2, 0.25) is 0 Å². The first-order chi connectivity index (χ1) is 22.8. The minimum Gasteiger partial charge on any atom is -0.379 e. The molecule has 15 heteroatoms. The lowest BCUT2D eigenvalue weighted by Gasteiger charge is -2.27. The first kappa shape index (κ1) is 38.9. The highest BCUT2D eigenvalue weighted by Crippen LogP contribution is 2.30. The van der Waals surface area contributed by atoms with E-state index < -0.39 is 66.6 Å². The fourth-order valence-electron chi connectivity index (χ4n) is 5.11. The summed E-state index contributed by atoms with van der Waals surface area (Å²) < 4.78 is 40.6. The molecule has 268 valence electrons. The Kier molecular flexibility index (Phi) is 15.3. The van der Waals surface area contributed by atoms with Crippen molar-refractivity contribution in [1.82, 2.24) is 26.2 Å². The highest BCUT2D eigenvalue weighted by molar-refractivity contribution is 5.98. The van der Waals surface area contributed by atoms with E-state index in [-0.39, 0.29) is 25.4 Å². The normalized spacial score (nSPS) is 20.9. The number of epoxide rings is 1. The lowest BCUT2D eigenvalue weighted by Crippen LogP contribution is -2.59. The van der Waals surface area contributed by atoms with Crippen LogP contribution in [0.4, 0.5) is 8.78 Å². The number of Topliss-reactive ketones (excluding diaryl/α,β-unsaturated/α-hetero) is 1. The maximum Gasteiger partial charge on any atom is 0.345 e. The maximum absolute atomic E-state index is 13.7. The molecule has 2 saturated heterocycles. The van der Waals surface area contributed by atoms with Gasteiger partial charge < -0.3 is 35.5 Å². The Morgan fingerprint density at radius 3 is 2.12 bits per heavy atom. The number of alkyl halides is 2. The van der Waals surface area contributed by atoms with Crippen molar-refractivity contribution < 1.29 is 47.0 Å². The van der Waals surface area contributed by atoms with Gasteiger partial charge in [-0.3, -0.25) is 28.9 Å². The summed E-state index contributed by atoms with van der Waals surface area (Å²) in [6.07, 6.45) is 2.09. The average Bonchev–Trinajstić information content (AvgIpc) is 3.82. The van der Waals surface area contributed by atoms with E-state index in [2.05, 4.69) is 32.9 Å². The first-order valence-corrected chi connectivity index (χ1v) is 16.4. The van der Waals surface area contributed by atoms with Gasteiger partial charge in [0, 0.05) is 19.5 Å². The van der Waals surface area contributed by atoms with Gasteiger partial charge in [0.25, 0.3) is 0 Å². The number of morpholine rings is 1. The summed E-state index contributed by atoms with van der Waals surface area (Å²) in [5.41, 5.74) is -0.228. The fourth-order valence-corrected chi connectivity index (χ4v) is 5.11. The van der Waals surface area contributed by atoms with Gasteiger partial charge in [0.1, 0.15) is 23.7 Å². The number of amides is 4. The summed E-state index contributed by atoms with van der Waals surface area (Å²) in [6, 6.07) is 4.24. The molecule has 2 fully saturated rings. The van der Waals surface area contributed by atoms with E-state index >= 15 is 0 Å². The number of ether oxygens (including phenoxy) is 3. The molecule has 2 heterocycles. The number of benzene rings is 1. The number of ketones is 1. The van der Waals surface area contributed by atoms with Gasteiger partial charge in [-0.05, 0) is 38.2 Å². The van der Waals surface area contributed by atoms with Crippen LogP contribution in [0.15, 0.2) is 30.3 Å². The van der Waals surface area contributed by atoms with Crippen molar-refractivity contribution in [3.8, 4) is 0 Å². The van der Waals surface area contributed by atoms with Gasteiger partial charge in [0.2, 0.25) is 23.6 Å². The van der Waals surface area contributed by atoms with Crippen molar-refractivity contribution >= 4 is 29.4 Å². The summed E-state index contributed by atoms with van der Waals surface area (Å²) in [5.74, 6) is -2.75. The predicted octanol–water partition coefficient (Wildman–Crippen LogP) is 0.944. The van der Waals surface area contributed by atoms with Gasteiger partial charge in [-0.1, -0.05) is 50.6 Å². The Labute approximate surface area is 280 Å². The van der Waals surface area contributed by atoms with Crippen molar-refractivity contribution in [3.63, 3.8) is 0 Å². The van der Waals surface area contributed by atoms with Crippen LogP contribution in [0.25, 0.3) is 0 Å². The lowest BCUT2D eigenvalue weighted by atomic mass is 9.92. The number of carbonyl (C=O) groups excluding carboxylic acids is 5. The number of nitrogens with one attached hydrogen (secondary N) is 4.